The van der Waals surface area contributed by atoms with E-state index in [1.54, 1.807) is 13.1 Å². The first-order valence-corrected chi connectivity index (χ1v) is 9.31. The van der Waals surface area contributed by atoms with Crippen LogP contribution in [0.5, 0.6) is 5.88 Å². The molecule has 0 saturated heterocycles. The number of hydrogen-bond donors (Lipinski definition) is 0. The number of hydrogen-bond acceptors (Lipinski definition) is 5. The molecule has 0 aliphatic carbocycles. The van der Waals surface area contributed by atoms with Crippen molar-refractivity contribution in [2.24, 2.45) is 0 Å². The molecule has 2 heterocycles. The van der Waals surface area contributed by atoms with Crippen LogP contribution in [0.15, 0.2) is 54.9 Å². The van der Waals surface area contributed by atoms with Crippen LogP contribution in [0.3, 0.4) is 0 Å². The van der Waals surface area contributed by atoms with Gasteiger partial charge in [-0.2, -0.15) is 13.2 Å². The van der Waals surface area contributed by atoms with E-state index in [1.807, 2.05) is 30.3 Å². The number of pyridine rings is 1. The molecule has 30 heavy (non-hydrogen) atoms. The summed E-state index contributed by atoms with van der Waals surface area (Å²) in [6, 6.07) is 11.6. The Labute approximate surface area is 171 Å². The zero-order valence-electron chi connectivity index (χ0n) is 16.2. The SMILES string of the molecule is CCOC(=O)CCc1cn(-c2ccc(C(F)(F)F)cn2)nc1OCc1ccccc1. The van der Waals surface area contributed by atoms with Crippen molar-refractivity contribution in [1.82, 2.24) is 14.8 Å². The molecule has 0 atom stereocenters. The molecule has 6 nitrogen and oxygen atoms in total. The lowest BCUT2D eigenvalue weighted by Gasteiger charge is -2.07. The monoisotopic (exact) mass is 419 g/mol. The normalized spacial score (nSPS) is 11.3. The first-order valence-electron chi connectivity index (χ1n) is 9.31. The molecule has 0 radical (unpaired) electrons. The molecule has 0 aliphatic rings. The maximum absolute atomic E-state index is 12.8. The van der Waals surface area contributed by atoms with Gasteiger partial charge in [-0.05, 0) is 31.0 Å². The van der Waals surface area contributed by atoms with E-state index >= 15 is 0 Å². The average molecular weight is 419 g/mol. The first kappa shape index (κ1) is 21.4. The maximum Gasteiger partial charge on any atom is 0.417 e. The van der Waals surface area contributed by atoms with Crippen molar-refractivity contribution in [3.05, 3.63) is 71.5 Å². The minimum Gasteiger partial charge on any atom is -0.472 e. The van der Waals surface area contributed by atoms with E-state index in [1.165, 1.54) is 10.7 Å². The predicted octanol–water partition coefficient (Wildman–Crippen LogP) is 4.36. The summed E-state index contributed by atoms with van der Waals surface area (Å²) < 4.78 is 50.4. The van der Waals surface area contributed by atoms with Gasteiger partial charge in [-0.3, -0.25) is 4.79 Å². The van der Waals surface area contributed by atoms with Gasteiger partial charge in [0.1, 0.15) is 6.61 Å². The van der Waals surface area contributed by atoms with Crippen LogP contribution >= 0.6 is 0 Å². The van der Waals surface area contributed by atoms with Crippen LogP contribution in [0, 0.1) is 0 Å². The smallest absolute Gasteiger partial charge is 0.417 e. The molecule has 0 saturated carbocycles. The highest BCUT2D eigenvalue weighted by molar-refractivity contribution is 5.69. The highest BCUT2D eigenvalue weighted by Gasteiger charge is 2.30. The number of carbonyl (C=O) groups is 1. The van der Waals surface area contributed by atoms with Gasteiger partial charge in [-0.1, -0.05) is 30.3 Å². The van der Waals surface area contributed by atoms with E-state index in [9.17, 15) is 18.0 Å². The minimum absolute atomic E-state index is 0.127. The van der Waals surface area contributed by atoms with Gasteiger partial charge in [0.25, 0.3) is 0 Å². The molecule has 0 bridgehead atoms. The van der Waals surface area contributed by atoms with Crippen LogP contribution in [0.2, 0.25) is 0 Å². The molecule has 0 unspecified atom stereocenters. The molecule has 158 valence electrons. The topological polar surface area (TPSA) is 66.2 Å². The van der Waals surface area contributed by atoms with Crippen LogP contribution in [0.25, 0.3) is 5.82 Å². The van der Waals surface area contributed by atoms with Crippen molar-refractivity contribution < 1.29 is 27.4 Å². The van der Waals surface area contributed by atoms with Crippen LogP contribution < -0.4 is 4.74 Å². The third-order valence-electron chi connectivity index (χ3n) is 4.18. The van der Waals surface area contributed by atoms with Crippen molar-refractivity contribution in [3.8, 4) is 11.7 Å². The fourth-order valence-corrected chi connectivity index (χ4v) is 2.69. The summed E-state index contributed by atoms with van der Waals surface area (Å²) in [5, 5.41) is 4.31. The van der Waals surface area contributed by atoms with Gasteiger partial charge in [0.05, 0.1) is 12.2 Å². The summed E-state index contributed by atoms with van der Waals surface area (Å²) in [5.41, 5.74) is 0.707. The molecule has 9 heteroatoms. The maximum atomic E-state index is 12.8. The standard InChI is InChI=1S/C21H20F3N3O3/c1-2-29-19(28)11-8-16-13-27(18-10-9-17(12-25-18)21(22,23)24)26-20(16)30-14-15-6-4-3-5-7-15/h3-7,9-10,12-13H,2,8,11,14H2,1H3. The van der Waals surface area contributed by atoms with Gasteiger partial charge < -0.3 is 9.47 Å². The third kappa shape index (κ3) is 5.59. The van der Waals surface area contributed by atoms with Crippen molar-refractivity contribution in [1.29, 1.82) is 0 Å². The van der Waals surface area contributed by atoms with E-state index in [-0.39, 0.29) is 37.3 Å². The summed E-state index contributed by atoms with van der Waals surface area (Å²) in [4.78, 5) is 15.6. The molecule has 0 amide bonds. The highest BCUT2D eigenvalue weighted by atomic mass is 19.4. The summed E-state index contributed by atoms with van der Waals surface area (Å²) in [7, 11) is 0. The summed E-state index contributed by atoms with van der Waals surface area (Å²) in [5.74, 6) is 0.131. The van der Waals surface area contributed by atoms with Crippen LogP contribution in [0.1, 0.15) is 30.0 Å². The lowest BCUT2D eigenvalue weighted by molar-refractivity contribution is -0.143. The Kier molecular flexibility index (Phi) is 6.71. The molecule has 0 N–H and O–H groups in total. The number of nitrogens with zero attached hydrogens (tertiary/aromatic N) is 3. The fourth-order valence-electron chi connectivity index (χ4n) is 2.69. The Morgan fingerprint density at radius 3 is 2.53 bits per heavy atom. The van der Waals surface area contributed by atoms with Crippen LogP contribution in [-0.2, 0) is 28.7 Å². The van der Waals surface area contributed by atoms with Gasteiger partial charge in [-0.15, -0.1) is 5.10 Å². The summed E-state index contributed by atoms with van der Waals surface area (Å²) >= 11 is 0. The molecular formula is C21H20F3N3O3. The number of aryl methyl sites for hydroxylation is 1. The van der Waals surface area contributed by atoms with E-state index in [2.05, 4.69) is 10.1 Å². The second-order valence-electron chi connectivity index (χ2n) is 6.39. The van der Waals surface area contributed by atoms with Gasteiger partial charge >= 0.3 is 12.1 Å². The molecule has 1 aromatic carbocycles. The van der Waals surface area contributed by atoms with Crippen molar-refractivity contribution in [2.75, 3.05) is 6.61 Å². The number of carbonyl (C=O) groups excluding carboxylic acids is 1. The number of halogens is 3. The number of alkyl halides is 3. The molecule has 0 aliphatic heterocycles. The number of esters is 1. The number of rotatable bonds is 8. The summed E-state index contributed by atoms with van der Waals surface area (Å²) in [6.45, 7) is 2.26. The second-order valence-corrected chi connectivity index (χ2v) is 6.39. The van der Waals surface area contributed by atoms with E-state index in [4.69, 9.17) is 9.47 Å². The van der Waals surface area contributed by atoms with E-state index in [0.29, 0.717) is 12.0 Å². The minimum atomic E-state index is -4.47. The van der Waals surface area contributed by atoms with Crippen LogP contribution in [0.4, 0.5) is 13.2 Å². The number of benzene rings is 1. The largest absolute Gasteiger partial charge is 0.472 e. The average Bonchev–Trinajstić information content (AvgIpc) is 3.14. The van der Waals surface area contributed by atoms with Gasteiger partial charge in [0.15, 0.2) is 5.82 Å². The lowest BCUT2D eigenvalue weighted by atomic mass is 10.2. The zero-order valence-corrected chi connectivity index (χ0v) is 16.2. The van der Waals surface area contributed by atoms with Crippen molar-refractivity contribution in [2.45, 2.75) is 32.5 Å². The number of aromatic nitrogens is 3. The summed E-state index contributed by atoms with van der Waals surface area (Å²) in [6.07, 6.45) is -1.69. The highest BCUT2D eigenvalue weighted by Crippen LogP contribution is 2.29. The molecule has 2 aromatic heterocycles. The molecule has 3 aromatic rings. The Morgan fingerprint density at radius 2 is 1.90 bits per heavy atom. The molecule has 0 fully saturated rings. The quantitative estimate of drug-likeness (QED) is 0.508. The molecule has 3 rings (SSSR count). The van der Waals surface area contributed by atoms with Gasteiger partial charge in [-0.25, -0.2) is 9.67 Å². The van der Waals surface area contributed by atoms with E-state index < -0.39 is 11.7 Å². The Morgan fingerprint density at radius 1 is 1.13 bits per heavy atom. The predicted molar refractivity (Wildman–Crippen MR) is 102 cm³/mol. The first-order chi connectivity index (χ1) is 14.4. The molecular weight excluding hydrogens is 399 g/mol. The van der Waals surface area contributed by atoms with Crippen molar-refractivity contribution in [3.63, 3.8) is 0 Å². The Hall–Kier alpha value is -3.36. The second kappa shape index (κ2) is 9.43. The lowest BCUT2D eigenvalue weighted by Crippen LogP contribution is -2.07. The zero-order chi connectivity index (χ0) is 21.6. The van der Waals surface area contributed by atoms with Crippen LogP contribution in [-0.4, -0.2) is 27.3 Å². The Balaban J connectivity index is 1.82. The van der Waals surface area contributed by atoms with Gasteiger partial charge in [0.2, 0.25) is 5.88 Å². The Bertz CT molecular complexity index is 971. The molecule has 0 spiro atoms. The van der Waals surface area contributed by atoms with E-state index in [0.717, 1.165) is 17.8 Å². The number of ether oxygens (including phenoxy) is 2. The fraction of sp³-hybridized carbons (Fsp3) is 0.286. The van der Waals surface area contributed by atoms with Gasteiger partial charge in [0, 0.05) is 24.4 Å². The van der Waals surface area contributed by atoms with Crippen molar-refractivity contribution >= 4 is 5.97 Å². The third-order valence-corrected chi connectivity index (χ3v) is 4.18.